The van der Waals surface area contributed by atoms with E-state index in [2.05, 4.69) is 206 Å². The Hall–Kier alpha value is -7.76. The van der Waals surface area contributed by atoms with Gasteiger partial charge in [0, 0.05) is 11.1 Å². The summed E-state index contributed by atoms with van der Waals surface area (Å²) in [6.07, 6.45) is 0. The van der Waals surface area contributed by atoms with Crippen LogP contribution in [0.3, 0.4) is 0 Å². The zero-order valence-electron chi connectivity index (χ0n) is 35.8. The molecule has 0 spiro atoms. The van der Waals surface area contributed by atoms with Crippen molar-refractivity contribution in [2.24, 2.45) is 0 Å². The van der Waals surface area contributed by atoms with Crippen LogP contribution in [0.15, 0.2) is 218 Å². The second kappa shape index (κ2) is 17.1. The minimum atomic E-state index is -0.859. The molecule has 0 radical (unpaired) electrons. The van der Waals surface area contributed by atoms with E-state index >= 15 is 0 Å². The van der Waals surface area contributed by atoms with Crippen molar-refractivity contribution in [2.45, 2.75) is 5.41 Å². The maximum absolute atomic E-state index is 9.93. The van der Waals surface area contributed by atoms with Crippen LogP contribution in [0.25, 0.3) is 77.2 Å². The third-order valence-corrected chi connectivity index (χ3v) is 13.0. The quantitative estimate of drug-likeness (QED) is 0.129. The van der Waals surface area contributed by atoms with E-state index in [1.807, 2.05) is 12.1 Å². The molecule has 314 valence electrons. The van der Waals surface area contributed by atoms with Gasteiger partial charge < -0.3 is 19.7 Å². The van der Waals surface area contributed by atoms with Crippen molar-refractivity contribution in [1.82, 2.24) is 0 Å². The fraction of sp³-hybridized carbons (Fsp3) is 0.0820. The van der Waals surface area contributed by atoms with Gasteiger partial charge in [-0.25, -0.2) is 0 Å². The van der Waals surface area contributed by atoms with Crippen LogP contribution in [0.1, 0.15) is 22.3 Å². The number of fused-ring (bicyclic) bond motifs is 5. The van der Waals surface area contributed by atoms with Crippen LogP contribution >= 0.6 is 0 Å². The van der Waals surface area contributed by atoms with Gasteiger partial charge in [0.15, 0.2) is 0 Å². The zero-order valence-corrected chi connectivity index (χ0v) is 35.8. The molecule has 4 heteroatoms. The molecule has 11 rings (SSSR count). The summed E-state index contributed by atoms with van der Waals surface area (Å²) in [5.41, 5.74) is 14.4. The van der Waals surface area contributed by atoms with Crippen LogP contribution in [-0.4, -0.2) is 36.6 Å². The molecule has 0 fully saturated rings. The molecule has 0 saturated carbocycles. The van der Waals surface area contributed by atoms with E-state index in [9.17, 15) is 10.2 Å². The monoisotopic (exact) mass is 842 g/mol. The standard InChI is InChI=1S/C61H46O4/c62-31-33-64-59-29-25-51(39-55(59)43-13-3-1-4-14-43)61(52-26-30-60(65-34-32-63)56(40-52)44-15-5-2-6-16-44)57-37-49(47-21-19-41-11-7-9-17-45(41)35-47)23-27-53(57)54-28-24-50(38-58(54)61)48-22-20-42-12-8-10-18-46(42)36-48/h1-30,35-40,62-63H,31-34H2. The van der Waals surface area contributed by atoms with E-state index in [0.29, 0.717) is 11.5 Å². The first-order valence-corrected chi connectivity index (χ1v) is 22.3. The number of benzene rings is 10. The summed E-state index contributed by atoms with van der Waals surface area (Å²) in [6, 6.07) is 78.4. The van der Waals surface area contributed by atoms with Crippen molar-refractivity contribution in [3.05, 3.63) is 241 Å². The van der Waals surface area contributed by atoms with E-state index in [0.717, 1.165) is 55.6 Å². The maximum Gasteiger partial charge on any atom is 0.127 e. The Morgan fingerprint density at radius 2 is 0.692 bits per heavy atom. The van der Waals surface area contributed by atoms with Crippen molar-refractivity contribution in [3.8, 4) is 67.1 Å². The lowest BCUT2D eigenvalue weighted by atomic mass is 9.66. The maximum atomic E-state index is 9.93. The number of rotatable bonds is 12. The van der Waals surface area contributed by atoms with E-state index in [1.54, 1.807) is 0 Å². The summed E-state index contributed by atoms with van der Waals surface area (Å²) in [7, 11) is 0. The molecule has 0 unspecified atom stereocenters. The molecule has 0 amide bonds. The highest BCUT2D eigenvalue weighted by atomic mass is 16.5. The molecule has 10 aromatic rings. The minimum absolute atomic E-state index is 0.0945. The molecular weight excluding hydrogens is 797 g/mol. The topological polar surface area (TPSA) is 58.9 Å². The van der Waals surface area contributed by atoms with Crippen molar-refractivity contribution in [2.75, 3.05) is 26.4 Å². The summed E-state index contributed by atoms with van der Waals surface area (Å²) in [6.45, 7) is 0.164. The summed E-state index contributed by atoms with van der Waals surface area (Å²) < 4.78 is 12.6. The van der Waals surface area contributed by atoms with E-state index in [4.69, 9.17) is 9.47 Å². The Morgan fingerprint density at radius 3 is 1.12 bits per heavy atom. The normalized spacial score (nSPS) is 12.5. The van der Waals surface area contributed by atoms with Gasteiger partial charge in [-0.15, -0.1) is 0 Å². The predicted molar refractivity (Wildman–Crippen MR) is 266 cm³/mol. The number of aliphatic hydroxyl groups excluding tert-OH is 2. The average molecular weight is 843 g/mol. The van der Waals surface area contributed by atoms with Gasteiger partial charge in [-0.3, -0.25) is 0 Å². The van der Waals surface area contributed by atoms with Crippen molar-refractivity contribution in [1.29, 1.82) is 0 Å². The van der Waals surface area contributed by atoms with Crippen LogP contribution in [-0.2, 0) is 5.41 Å². The van der Waals surface area contributed by atoms with Gasteiger partial charge in [0.2, 0.25) is 0 Å². The summed E-state index contributed by atoms with van der Waals surface area (Å²) in [5, 5.41) is 24.6. The summed E-state index contributed by atoms with van der Waals surface area (Å²) in [5.74, 6) is 1.41. The van der Waals surface area contributed by atoms with Crippen LogP contribution in [0, 0.1) is 0 Å². The molecule has 0 saturated heterocycles. The van der Waals surface area contributed by atoms with Crippen LogP contribution in [0.2, 0.25) is 0 Å². The fourth-order valence-electron chi connectivity index (χ4n) is 9.99. The summed E-state index contributed by atoms with van der Waals surface area (Å²) in [4.78, 5) is 0. The Kier molecular flexibility index (Phi) is 10.5. The van der Waals surface area contributed by atoms with Gasteiger partial charge in [0.05, 0.1) is 18.6 Å². The molecule has 65 heavy (non-hydrogen) atoms. The zero-order chi connectivity index (χ0) is 43.7. The molecule has 0 aliphatic heterocycles. The summed E-state index contributed by atoms with van der Waals surface area (Å²) >= 11 is 0. The fourth-order valence-corrected chi connectivity index (χ4v) is 9.99. The highest BCUT2D eigenvalue weighted by Crippen LogP contribution is 2.59. The molecule has 0 aromatic heterocycles. The first-order chi connectivity index (χ1) is 32.1. The molecule has 2 N–H and O–H groups in total. The third-order valence-electron chi connectivity index (χ3n) is 13.0. The van der Waals surface area contributed by atoms with Gasteiger partial charge >= 0.3 is 0 Å². The smallest absolute Gasteiger partial charge is 0.127 e. The van der Waals surface area contributed by atoms with Crippen molar-refractivity contribution < 1.29 is 19.7 Å². The number of hydrogen-bond acceptors (Lipinski definition) is 4. The minimum Gasteiger partial charge on any atom is -0.491 e. The Labute approximate surface area is 379 Å². The molecule has 10 aromatic carbocycles. The molecule has 0 atom stereocenters. The lowest BCUT2D eigenvalue weighted by Crippen LogP contribution is -2.29. The Balaban J connectivity index is 1.25. The molecule has 0 bridgehead atoms. The molecule has 0 heterocycles. The lowest BCUT2D eigenvalue weighted by molar-refractivity contribution is 0.202. The lowest BCUT2D eigenvalue weighted by Gasteiger charge is -2.35. The first kappa shape index (κ1) is 40.0. The average Bonchev–Trinajstić information content (AvgIpc) is 3.67. The SMILES string of the molecule is OCCOc1ccc(C2(c3ccc(OCCO)c(-c4ccccc4)c3)c3cc(-c4ccc5ccccc5c4)ccc3-c3ccc(-c4ccc5ccccc5c4)cc32)cc1-c1ccccc1. The van der Waals surface area contributed by atoms with E-state index in [1.165, 1.54) is 43.8 Å². The second-order valence-electron chi connectivity index (χ2n) is 16.7. The van der Waals surface area contributed by atoms with E-state index in [-0.39, 0.29) is 26.4 Å². The van der Waals surface area contributed by atoms with Gasteiger partial charge in [0.25, 0.3) is 0 Å². The van der Waals surface area contributed by atoms with E-state index < -0.39 is 5.41 Å². The molecular formula is C61H46O4. The Bertz CT molecular complexity index is 3130. The van der Waals surface area contributed by atoms with Gasteiger partial charge in [-0.05, 0) is 137 Å². The van der Waals surface area contributed by atoms with Gasteiger partial charge in [-0.1, -0.05) is 170 Å². The van der Waals surface area contributed by atoms with Crippen molar-refractivity contribution in [3.63, 3.8) is 0 Å². The third kappa shape index (κ3) is 7.14. The molecule has 1 aliphatic rings. The Morgan fingerprint density at radius 1 is 0.308 bits per heavy atom. The van der Waals surface area contributed by atoms with Crippen LogP contribution in [0.5, 0.6) is 11.5 Å². The first-order valence-electron chi connectivity index (χ1n) is 22.3. The predicted octanol–water partition coefficient (Wildman–Crippen LogP) is 13.8. The van der Waals surface area contributed by atoms with Crippen molar-refractivity contribution >= 4 is 21.5 Å². The highest BCUT2D eigenvalue weighted by molar-refractivity contribution is 5.94. The van der Waals surface area contributed by atoms with Crippen LogP contribution in [0.4, 0.5) is 0 Å². The molecule has 4 nitrogen and oxygen atoms in total. The highest BCUT2D eigenvalue weighted by Gasteiger charge is 2.47. The van der Waals surface area contributed by atoms with Crippen LogP contribution < -0.4 is 9.47 Å². The molecule has 1 aliphatic carbocycles. The number of ether oxygens (including phenoxy) is 2. The van der Waals surface area contributed by atoms with Gasteiger partial charge in [-0.2, -0.15) is 0 Å². The second-order valence-corrected chi connectivity index (χ2v) is 16.7. The number of aliphatic hydroxyl groups is 2. The largest absolute Gasteiger partial charge is 0.491 e. The number of hydrogen-bond donors (Lipinski definition) is 2. The van der Waals surface area contributed by atoms with Gasteiger partial charge in [0.1, 0.15) is 24.7 Å².